The van der Waals surface area contributed by atoms with Crippen LogP contribution in [-0.2, 0) is 20.9 Å². The number of ether oxygens (including phenoxy) is 1. The zero-order chi connectivity index (χ0) is 13.2. The van der Waals surface area contributed by atoms with E-state index in [0.717, 1.165) is 0 Å². The van der Waals surface area contributed by atoms with E-state index in [1.54, 1.807) is 30.3 Å². The molecular formula is C11H10N2O5. The number of rotatable bonds is 4. The topological polar surface area (TPSA) is 98.5 Å². The van der Waals surface area contributed by atoms with E-state index in [4.69, 9.17) is 4.74 Å². The average molecular weight is 250 g/mol. The zero-order valence-electron chi connectivity index (χ0n) is 9.29. The van der Waals surface area contributed by atoms with Crippen LogP contribution >= 0.6 is 0 Å². The fourth-order valence-corrected chi connectivity index (χ4v) is 1.66. The first-order valence-corrected chi connectivity index (χ1v) is 5.21. The van der Waals surface area contributed by atoms with Crippen molar-refractivity contribution in [3.63, 3.8) is 0 Å². The summed E-state index contributed by atoms with van der Waals surface area (Å²) in [5.74, 6) is -1.72. The third-order valence-corrected chi connectivity index (χ3v) is 2.62. The second kappa shape index (κ2) is 4.53. The van der Waals surface area contributed by atoms with Gasteiger partial charge >= 0.3 is 11.6 Å². The molecule has 1 fully saturated rings. The molecule has 0 aromatic heterocycles. The van der Waals surface area contributed by atoms with Gasteiger partial charge in [-0.15, -0.1) is 0 Å². The average Bonchev–Trinajstić information content (AvgIpc) is 2.64. The second-order valence-corrected chi connectivity index (χ2v) is 3.87. The van der Waals surface area contributed by atoms with Gasteiger partial charge in [0.25, 0.3) is 0 Å². The van der Waals surface area contributed by atoms with Crippen LogP contribution < -0.4 is 5.32 Å². The van der Waals surface area contributed by atoms with E-state index in [1.165, 1.54) is 0 Å². The van der Waals surface area contributed by atoms with E-state index in [1.807, 2.05) is 5.32 Å². The Morgan fingerprint density at radius 3 is 2.50 bits per heavy atom. The van der Waals surface area contributed by atoms with Gasteiger partial charge < -0.3 is 4.74 Å². The van der Waals surface area contributed by atoms with Gasteiger partial charge in [-0.2, -0.15) is 0 Å². The van der Waals surface area contributed by atoms with Crippen molar-refractivity contribution in [2.45, 2.75) is 18.8 Å². The molecular weight excluding hydrogens is 240 g/mol. The first-order chi connectivity index (χ1) is 8.54. The summed E-state index contributed by atoms with van der Waals surface area (Å²) in [5, 5.41) is 12.8. The lowest BCUT2D eigenvalue weighted by atomic mass is 10.2. The number of nitro groups is 1. The molecule has 2 amide bonds. The van der Waals surface area contributed by atoms with E-state index >= 15 is 0 Å². The van der Waals surface area contributed by atoms with Crippen molar-refractivity contribution in [2.24, 2.45) is 0 Å². The molecule has 7 heteroatoms. The number of nitrogens with one attached hydrogen (secondary N) is 1. The van der Waals surface area contributed by atoms with Crippen LogP contribution in [0.2, 0.25) is 0 Å². The lowest BCUT2D eigenvalue weighted by Gasteiger charge is -2.16. The molecule has 0 bridgehead atoms. The Hall–Kier alpha value is -2.28. The number of nitrogens with zero attached hydrogens (tertiary/aromatic N) is 1. The molecule has 1 aromatic rings. The molecule has 1 unspecified atom stereocenters. The Kier molecular flexibility index (Phi) is 3.07. The summed E-state index contributed by atoms with van der Waals surface area (Å²) in [7, 11) is 0. The minimum absolute atomic E-state index is 0.109. The minimum Gasteiger partial charge on any atom is -0.302 e. The smallest absolute Gasteiger partial charge is 0.302 e. The van der Waals surface area contributed by atoms with Gasteiger partial charge in [-0.3, -0.25) is 25.0 Å². The van der Waals surface area contributed by atoms with Gasteiger partial charge in [-0.05, 0) is 5.56 Å². The number of carbonyl (C=O) groups excluding carboxylic acids is 2. The molecule has 1 aliphatic rings. The predicted molar refractivity (Wildman–Crippen MR) is 58.7 cm³/mol. The highest BCUT2D eigenvalue weighted by Gasteiger charge is 2.60. The van der Waals surface area contributed by atoms with Crippen LogP contribution in [0.3, 0.4) is 0 Å². The summed E-state index contributed by atoms with van der Waals surface area (Å²) in [5.41, 5.74) is -1.61. The molecule has 1 heterocycles. The van der Waals surface area contributed by atoms with Gasteiger partial charge in [0.05, 0.1) is 11.5 Å². The summed E-state index contributed by atoms with van der Waals surface area (Å²) < 4.78 is 5.09. The molecule has 0 spiro atoms. The monoisotopic (exact) mass is 250 g/mol. The number of carbonyl (C=O) groups is 2. The van der Waals surface area contributed by atoms with Crippen LogP contribution in [-0.4, -0.2) is 22.5 Å². The van der Waals surface area contributed by atoms with Gasteiger partial charge in [-0.1, -0.05) is 30.3 Å². The molecule has 1 aliphatic heterocycles. The first kappa shape index (κ1) is 12.2. The fraction of sp³-hybridized carbons (Fsp3) is 0.273. The third kappa shape index (κ3) is 2.07. The maximum Gasteiger partial charge on any atom is 0.413 e. The Morgan fingerprint density at radius 2 is 2.00 bits per heavy atom. The molecule has 1 N–H and O–H groups in total. The molecule has 0 radical (unpaired) electrons. The number of amides is 2. The van der Waals surface area contributed by atoms with Gasteiger partial charge in [0.2, 0.25) is 5.91 Å². The maximum absolute atomic E-state index is 11.5. The van der Waals surface area contributed by atoms with Crippen molar-refractivity contribution < 1.29 is 19.2 Å². The molecule has 0 saturated carbocycles. The SMILES string of the molecule is O=C1CC(OCc2ccccc2)([N+](=O)[O-])C(=O)N1. The Labute approximate surface area is 102 Å². The second-order valence-electron chi connectivity index (χ2n) is 3.87. The number of hydrogen-bond donors (Lipinski definition) is 1. The molecule has 18 heavy (non-hydrogen) atoms. The standard InChI is InChI=1S/C11H10N2O5/c14-9-6-11(13(16)17,10(15)12-9)18-7-8-4-2-1-3-5-8/h1-5H,6-7H2,(H,12,14,15). The third-order valence-electron chi connectivity index (χ3n) is 2.62. The van der Waals surface area contributed by atoms with E-state index in [2.05, 4.69) is 0 Å². The summed E-state index contributed by atoms with van der Waals surface area (Å²) in [6.07, 6.45) is -0.592. The first-order valence-electron chi connectivity index (χ1n) is 5.21. The summed E-state index contributed by atoms with van der Waals surface area (Å²) in [4.78, 5) is 32.6. The van der Waals surface area contributed by atoms with Gasteiger partial charge in [0.1, 0.15) is 6.42 Å². The summed E-state index contributed by atoms with van der Waals surface area (Å²) in [6, 6.07) is 8.71. The van der Waals surface area contributed by atoms with Gasteiger partial charge in [-0.25, -0.2) is 0 Å². The molecule has 94 valence electrons. The number of hydrogen-bond acceptors (Lipinski definition) is 5. The van der Waals surface area contributed by atoms with Crippen LogP contribution in [0.25, 0.3) is 0 Å². The normalized spacial score (nSPS) is 22.9. The number of benzene rings is 1. The minimum atomic E-state index is -2.30. The number of imide groups is 1. The zero-order valence-corrected chi connectivity index (χ0v) is 9.29. The molecule has 7 nitrogen and oxygen atoms in total. The van der Waals surface area contributed by atoms with Crippen molar-refractivity contribution in [1.29, 1.82) is 0 Å². The van der Waals surface area contributed by atoms with E-state index in [-0.39, 0.29) is 6.61 Å². The molecule has 1 aromatic carbocycles. The van der Waals surface area contributed by atoms with Gasteiger partial charge in [0, 0.05) is 0 Å². The predicted octanol–water partition coefficient (Wildman–Crippen LogP) is 0.223. The molecule has 2 rings (SSSR count). The molecule has 1 saturated heterocycles. The largest absolute Gasteiger partial charge is 0.413 e. The Morgan fingerprint density at radius 1 is 1.33 bits per heavy atom. The highest BCUT2D eigenvalue weighted by Crippen LogP contribution is 2.24. The highest BCUT2D eigenvalue weighted by atomic mass is 16.7. The maximum atomic E-state index is 11.5. The van der Waals surface area contributed by atoms with Gasteiger partial charge in [0.15, 0.2) is 0 Å². The highest BCUT2D eigenvalue weighted by molar-refractivity contribution is 6.06. The van der Waals surface area contributed by atoms with Crippen molar-refractivity contribution >= 4 is 11.8 Å². The summed E-state index contributed by atoms with van der Waals surface area (Å²) >= 11 is 0. The quantitative estimate of drug-likeness (QED) is 0.357. The van der Waals surface area contributed by atoms with Crippen molar-refractivity contribution in [2.75, 3.05) is 0 Å². The van der Waals surface area contributed by atoms with E-state index < -0.39 is 28.9 Å². The van der Waals surface area contributed by atoms with Crippen LogP contribution in [0, 0.1) is 10.1 Å². The lowest BCUT2D eigenvalue weighted by Crippen LogP contribution is -2.47. The fourth-order valence-electron chi connectivity index (χ4n) is 1.66. The van der Waals surface area contributed by atoms with Crippen molar-refractivity contribution in [1.82, 2.24) is 5.32 Å². The van der Waals surface area contributed by atoms with E-state index in [9.17, 15) is 19.7 Å². The van der Waals surface area contributed by atoms with Crippen LogP contribution in [0.4, 0.5) is 0 Å². The summed E-state index contributed by atoms with van der Waals surface area (Å²) in [6.45, 7) is -0.109. The van der Waals surface area contributed by atoms with Crippen molar-refractivity contribution in [3.8, 4) is 0 Å². The Bertz CT molecular complexity index is 501. The Balaban J connectivity index is 2.16. The van der Waals surface area contributed by atoms with Crippen LogP contribution in [0.15, 0.2) is 30.3 Å². The van der Waals surface area contributed by atoms with E-state index in [0.29, 0.717) is 5.56 Å². The molecule has 1 atom stereocenters. The lowest BCUT2D eigenvalue weighted by molar-refractivity contribution is -0.608. The van der Waals surface area contributed by atoms with Crippen LogP contribution in [0.1, 0.15) is 12.0 Å². The van der Waals surface area contributed by atoms with Crippen LogP contribution in [0.5, 0.6) is 0 Å². The van der Waals surface area contributed by atoms with Crippen molar-refractivity contribution in [3.05, 3.63) is 46.0 Å². The molecule has 0 aliphatic carbocycles.